The van der Waals surface area contributed by atoms with Gasteiger partial charge in [-0.05, 0) is 24.7 Å². The predicted molar refractivity (Wildman–Crippen MR) is 55.9 cm³/mol. The Hall–Kier alpha value is -1.15. The van der Waals surface area contributed by atoms with Crippen molar-refractivity contribution in [3.05, 3.63) is 0 Å². The molecular weight excluding hydrogens is 252 g/mol. The molecular formula is C9H14O7S. The second kappa shape index (κ2) is 4.61. The van der Waals surface area contributed by atoms with Crippen molar-refractivity contribution in [1.82, 2.24) is 0 Å². The first kappa shape index (κ1) is 13.9. The molecule has 0 heterocycles. The Kier molecular flexibility index (Phi) is 3.78. The molecule has 4 unspecified atom stereocenters. The zero-order chi connectivity index (χ0) is 13.4. The average molecular weight is 266 g/mol. The molecule has 3 N–H and O–H groups in total. The van der Waals surface area contributed by atoms with Crippen LogP contribution >= 0.6 is 0 Å². The van der Waals surface area contributed by atoms with Crippen molar-refractivity contribution in [3.8, 4) is 0 Å². The molecule has 2 aliphatic rings. The Morgan fingerprint density at radius 1 is 1.12 bits per heavy atom. The van der Waals surface area contributed by atoms with E-state index in [1.165, 1.54) is 0 Å². The fraction of sp³-hybridized carbons (Fsp3) is 0.778. The zero-order valence-corrected chi connectivity index (χ0v) is 9.92. The first-order valence-electron chi connectivity index (χ1n) is 5.01. The topological polar surface area (TPSA) is 129 Å². The molecule has 0 aromatic heterocycles. The lowest BCUT2D eigenvalue weighted by molar-refractivity contribution is -0.143. The summed E-state index contributed by atoms with van der Waals surface area (Å²) >= 11 is 0. The SMILES string of the molecule is CS(=O)(=O)O.O=C(O)C1CCC2C(C(=O)O)C12. The molecule has 2 fully saturated rings. The molecule has 0 saturated heterocycles. The van der Waals surface area contributed by atoms with Crippen LogP contribution in [0, 0.1) is 23.7 Å². The molecule has 2 aliphatic carbocycles. The summed E-state index contributed by atoms with van der Waals surface area (Å²) in [7, 11) is -3.67. The Labute approximate surface area is 98.2 Å². The minimum absolute atomic E-state index is 0.0694. The Morgan fingerprint density at radius 3 is 1.88 bits per heavy atom. The van der Waals surface area contributed by atoms with Crippen molar-refractivity contribution in [3.63, 3.8) is 0 Å². The van der Waals surface area contributed by atoms with Gasteiger partial charge in [-0.3, -0.25) is 14.1 Å². The van der Waals surface area contributed by atoms with Crippen molar-refractivity contribution in [2.75, 3.05) is 6.26 Å². The van der Waals surface area contributed by atoms with E-state index in [0.717, 1.165) is 6.42 Å². The molecule has 0 aliphatic heterocycles. The highest BCUT2D eigenvalue weighted by Crippen LogP contribution is 2.60. The van der Waals surface area contributed by atoms with Gasteiger partial charge in [0.2, 0.25) is 0 Å². The number of carboxylic acid groups (broad SMARTS) is 2. The molecule has 2 rings (SSSR count). The summed E-state index contributed by atoms with van der Waals surface area (Å²) in [6.45, 7) is 0. The highest BCUT2D eigenvalue weighted by atomic mass is 32.2. The third-order valence-electron chi connectivity index (χ3n) is 3.11. The summed E-state index contributed by atoms with van der Waals surface area (Å²) in [6, 6.07) is 0. The lowest BCUT2D eigenvalue weighted by atomic mass is 10.0. The minimum Gasteiger partial charge on any atom is -0.481 e. The Balaban J connectivity index is 0.000000249. The van der Waals surface area contributed by atoms with Gasteiger partial charge in [0.25, 0.3) is 10.1 Å². The van der Waals surface area contributed by atoms with Crippen molar-refractivity contribution in [2.45, 2.75) is 12.8 Å². The van der Waals surface area contributed by atoms with Gasteiger partial charge in [-0.15, -0.1) is 0 Å². The molecule has 0 radical (unpaired) electrons. The molecule has 0 aromatic carbocycles. The van der Waals surface area contributed by atoms with Crippen molar-refractivity contribution in [1.29, 1.82) is 0 Å². The van der Waals surface area contributed by atoms with E-state index in [1.807, 2.05) is 0 Å². The fourth-order valence-corrected chi connectivity index (χ4v) is 2.52. The number of aliphatic carboxylic acids is 2. The third kappa shape index (κ3) is 3.67. The van der Waals surface area contributed by atoms with E-state index in [2.05, 4.69) is 0 Å². The Bertz CT molecular complexity index is 419. The van der Waals surface area contributed by atoms with Gasteiger partial charge in [-0.1, -0.05) is 0 Å². The molecule has 0 spiro atoms. The second-order valence-corrected chi connectivity index (χ2v) is 5.83. The number of hydrogen-bond donors (Lipinski definition) is 3. The smallest absolute Gasteiger partial charge is 0.307 e. The number of carbonyl (C=O) groups is 2. The minimum atomic E-state index is -3.67. The van der Waals surface area contributed by atoms with Crippen LogP contribution in [0.5, 0.6) is 0 Å². The summed E-state index contributed by atoms with van der Waals surface area (Å²) in [4.78, 5) is 21.2. The number of hydrogen-bond acceptors (Lipinski definition) is 4. The average Bonchev–Trinajstić information content (AvgIpc) is 2.64. The molecule has 0 bridgehead atoms. The zero-order valence-electron chi connectivity index (χ0n) is 9.11. The van der Waals surface area contributed by atoms with E-state index in [0.29, 0.717) is 12.7 Å². The molecule has 8 heteroatoms. The van der Waals surface area contributed by atoms with Gasteiger partial charge in [-0.2, -0.15) is 8.42 Å². The van der Waals surface area contributed by atoms with Crippen LogP contribution < -0.4 is 0 Å². The number of carboxylic acids is 2. The van der Waals surface area contributed by atoms with Crippen molar-refractivity contribution >= 4 is 22.1 Å². The van der Waals surface area contributed by atoms with Gasteiger partial charge in [0, 0.05) is 0 Å². The van der Waals surface area contributed by atoms with Crippen molar-refractivity contribution in [2.24, 2.45) is 23.7 Å². The van der Waals surface area contributed by atoms with Crippen LogP contribution in [-0.2, 0) is 19.7 Å². The van der Waals surface area contributed by atoms with Gasteiger partial charge in [0.15, 0.2) is 0 Å². The molecule has 98 valence electrons. The maximum atomic E-state index is 10.6. The summed E-state index contributed by atoms with van der Waals surface area (Å²) in [5.74, 6) is -2.32. The molecule has 2 saturated carbocycles. The molecule has 4 atom stereocenters. The van der Waals surface area contributed by atoms with Crippen LogP contribution in [0.2, 0.25) is 0 Å². The van der Waals surface area contributed by atoms with Crippen molar-refractivity contribution < 1.29 is 32.8 Å². The van der Waals surface area contributed by atoms with E-state index in [4.69, 9.17) is 14.8 Å². The standard InChI is InChI=1S/C8H10O4.CH4O3S/c9-7(10)4-2-1-3-5(4)6(3)8(11)12;1-5(2,3)4/h3-6H,1-2H2,(H,9,10)(H,11,12);1H3,(H,2,3,4). The molecule has 7 nitrogen and oxygen atoms in total. The predicted octanol–water partition coefficient (Wildman–Crippen LogP) is -0.0682. The largest absolute Gasteiger partial charge is 0.481 e. The quantitative estimate of drug-likeness (QED) is 0.596. The van der Waals surface area contributed by atoms with Gasteiger partial charge >= 0.3 is 11.9 Å². The van der Waals surface area contributed by atoms with E-state index >= 15 is 0 Å². The lowest BCUT2D eigenvalue weighted by Gasteiger charge is -2.05. The van der Waals surface area contributed by atoms with Crippen LogP contribution in [0.15, 0.2) is 0 Å². The highest BCUT2D eigenvalue weighted by molar-refractivity contribution is 7.85. The summed E-state index contributed by atoms with van der Waals surface area (Å²) in [6.07, 6.45) is 2.15. The van der Waals surface area contributed by atoms with Gasteiger partial charge in [0.05, 0.1) is 18.1 Å². The summed E-state index contributed by atoms with van der Waals surface area (Å²) < 4.78 is 25.9. The lowest BCUT2D eigenvalue weighted by Crippen LogP contribution is -2.17. The highest BCUT2D eigenvalue weighted by Gasteiger charge is 2.63. The fourth-order valence-electron chi connectivity index (χ4n) is 2.52. The van der Waals surface area contributed by atoms with Crippen LogP contribution in [0.4, 0.5) is 0 Å². The van der Waals surface area contributed by atoms with E-state index in [1.54, 1.807) is 0 Å². The van der Waals surface area contributed by atoms with E-state index in [9.17, 15) is 18.0 Å². The summed E-state index contributed by atoms with van der Waals surface area (Å²) in [5.41, 5.74) is 0. The maximum absolute atomic E-state index is 10.6. The van der Waals surface area contributed by atoms with Crippen LogP contribution in [-0.4, -0.2) is 41.4 Å². The monoisotopic (exact) mass is 266 g/mol. The molecule has 17 heavy (non-hydrogen) atoms. The molecule has 0 amide bonds. The summed E-state index contributed by atoms with van der Waals surface area (Å²) in [5, 5.41) is 17.4. The van der Waals surface area contributed by atoms with Gasteiger partial charge in [-0.25, -0.2) is 0 Å². The number of fused-ring (bicyclic) bond motifs is 1. The van der Waals surface area contributed by atoms with Crippen LogP contribution in [0.25, 0.3) is 0 Å². The molecule has 0 aromatic rings. The number of rotatable bonds is 2. The maximum Gasteiger partial charge on any atom is 0.307 e. The van der Waals surface area contributed by atoms with E-state index in [-0.39, 0.29) is 17.8 Å². The Morgan fingerprint density at radius 2 is 1.59 bits per heavy atom. The first-order chi connectivity index (χ1) is 7.63. The van der Waals surface area contributed by atoms with Gasteiger partial charge in [0.1, 0.15) is 0 Å². The first-order valence-corrected chi connectivity index (χ1v) is 6.86. The van der Waals surface area contributed by atoms with E-state index < -0.39 is 28.0 Å². The van der Waals surface area contributed by atoms with Crippen LogP contribution in [0.3, 0.4) is 0 Å². The van der Waals surface area contributed by atoms with Gasteiger partial charge < -0.3 is 10.2 Å². The third-order valence-corrected chi connectivity index (χ3v) is 3.11. The normalized spacial score (nSPS) is 34.2. The van der Waals surface area contributed by atoms with Crippen LogP contribution in [0.1, 0.15) is 12.8 Å². The second-order valence-electron chi connectivity index (χ2n) is 4.36.